The van der Waals surface area contributed by atoms with Crippen LogP contribution in [-0.4, -0.2) is 11.4 Å². The minimum Gasteiger partial charge on any atom is -0.350 e. The van der Waals surface area contributed by atoms with Gasteiger partial charge in [-0.1, -0.05) is 23.7 Å². The molecule has 1 amide bonds. The number of benzene rings is 1. The van der Waals surface area contributed by atoms with E-state index in [1.807, 2.05) is 20.8 Å². The van der Waals surface area contributed by atoms with Crippen LogP contribution in [0.1, 0.15) is 31.7 Å². The lowest BCUT2D eigenvalue weighted by atomic mass is 10.1. The Morgan fingerprint density at radius 2 is 2.00 bits per heavy atom. The lowest BCUT2D eigenvalue weighted by Gasteiger charge is -2.22. The second-order valence-electron chi connectivity index (χ2n) is 4.66. The molecule has 0 aliphatic heterocycles. The van der Waals surface area contributed by atoms with Crippen molar-refractivity contribution in [2.24, 2.45) is 0 Å². The average molecular weight is 260 g/mol. The molecule has 0 aliphatic rings. The van der Waals surface area contributed by atoms with E-state index in [0.717, 1.165) is 0 Å². The molecule has 0 saturated carbocycles. The zero-order valence-corrected chi connectivity index (χ0v) is 11.1. The van der Waals surface area contributed by atoms with Crippen LogP contribution in [0.2, 0.25) is 5.02 Å². The summed E-state index contributed by atoms with van der Waals surface area (Å²) >= 11 is 11.9. The Morgan fingerprint density at radius 3 is 2.50 bits per heavy atom. The zero-order valence-electron chi connectivity index (χ0n) is 9.55. The molecule has 0 aliphatic carbocycles. The van der Waals surface area contributed by atoms with Crippen molar-refractivity contribution < 1.29 is 4.79 Å². The van der Waals surface area contributed by atoms with Gasteiger partial charge in [0.25, 0.3) is 0 Å². The summed E-state index contributed by atoms with van der Waals surface area (Å²) in [6.07, 6.45) is 0. The van der Waals surface area contributed by atoms with E-state index < -0.39 is 5.38 Å². The third kappa shape index (κ3) is 4.03. The van der Waals surface area contributed by atoms with Gasteiger partial charge in [0.05, 0.1) is 0 Å². The van der Waals surface area contributed by atoms with Gasteiger partial charge in [0.1, 0.15) is 5.38 Å². The Hall–Kier alpha value is -0.730. The minimum atomic E-state index is -0.710. The first-order valence-corrected chi connectivity index (χ1v) is 5.82. The lowest BCUT2D eigenvalue weighted by Crippen LogP contribution is -2.42. The van der Waals surface area contributed by atoms with Gasteiger partial charge < -0.3 is 5.32 Å². The first kappa shape index (κ1) is 13.3. The van der Waals surface area contributed by atoms with E-state index in [1.54, 1.807) is 24.3 Å². The topological polar surface area (TPSA) is 29.1 Å². The monoisotopic (exact) mass is 259 g/mol. The molecule has 0 radical (unpaired) electrons. The van der Waals surface area contributed by atoms with Gasteiger partial charge in [-0.15, -0.1) is 11.6 Å². The lowest BCUT2D eigenvalue weighted by molar-refractivity contribution is -0.122. The quantitative estimate of drug-likeness (QED) is 0.810. The Bertz CT molecular complexity index is 385. The van der Waals surface area contributed by atoms with Crippen LogP contribution in [0.3, 0.4) is 0 Å². The molecule has 16 heavy (non-hydrogen) atoms. The molecule has 0 bridgehead atoms. The van der Waals surface area contributed by atoms with Gasteiger partial charge >= 0.3 is 0 Å². The van der Waals surface area contributed by atoms with Crippen LogP contribution in [0.5, 0.6) is 0 Å². The molecular formula is C12H15Cl2NO. The summed E-state index contributed by atoms with van der Waals surface area (Å²) in [5, 5.41) is 2.69. The van der Waals surface area contributed by atoms with Crippen molar-refractivity contribution in [2.45, 2.75) is 31.7 Å². The Kier molecular flexibility index (Phi) is 4.22. The van der Waals surface area contributed by atoms with Crippen molar-refractivity contribution >= 4 is 29.1 Å². The summed E-state index contributed by atoms with van der Waals surface area (Å²) < 4.78 is 0. The molecule has 0 saturated heterocycles. The highest BCUT2D eigenvalue weighted by atomic mass is 35.5. The van der Waals surface area contributed by atoms with Crippen molar-refractivity contribution in [2.75, 3.05) is 0 Å². The fraction of sp³-hybridized carbons (Fsp3) is 0.417. The highest BCUT2D eigenvalue weighted by molar-refractivity contribution is 6.32. The van der Waals surface area contributed by atoms with Gasteiger partial charge in [-0.2, -0.15) is 0 Å². The Balaban J connectivity index is 2.78. The second kappa shape index (κ2) is 5.07. The summed E-state index contributed by atoms with van der Waals surface area (Å²) in [4.78, 5) is 11.8. The molecule has 1 aromatic rings. The standard InChI is InChI=1S/C12H15Cl2NO/c1-12(2,3)15-11(16)10(14)8-5-4-6-9(13)7-8/h4-7,10H,1-3H3,(H,15,16). The summed E-state index contributed by atoms with van der Waals surface area (Å²) in [6, 6.07) is 7.00. The van der Waals surface area contributed by atoms with Gasteiger partial charge in [-0.3, -0.25) is 4.79 Å². The SMILES string of the molecule is CC(C)(C)NC(=O)C(Cl)c1cccc(Cl)c1. The zero-order chi connectivity index (χ0) is 12.3. The fourth-order valence-electron chi connectivity index (χ4n) is 1.25. The number of halogens is 2. The van der Waals surface area contributed by atoms with Crippen molar-refractivity contribution in [1.82, 2.24) is 5.32 Å². The largest absolute Gasteiger partial charge is 0.350 e. The maximum Gasteiger partial charge on any atom is 0.243 e. The first-order valence-electron chi connectivity index (χ1n) is 5.01. The Labute approximate surface area is 106 Å². The van der Waals surface area contributed by atoms with Crippen LogP contribution in [0.4, 0.5) is 0 Å². The van der Waals surface area contributed by atoms with Crippen LogP contribution in [0.15, 0.2) is 24.3 Å². The number of hydrogen-bond donors (Lipinski definition) is 1. The van der Waals surface area contributed by atoms with Crippen LogP contribution >= 0.6 is 23.2 Å². The molecule has 0 spiro atoms. The van der Waals surface area contributed by atoms with Gasteiger partial charge in [0.15, 0.2) is 0 Å². The third-order valence-corrected chi connectivity index (χ3v) is 2.55. The van der Waals surface area contributed by atoms with Gasteiger partial charge in [-0.25, -0.2) is 0 Å². The maximum absolute atomic E-state index is 11.8. The van der Waals surface area contributed by atoms with E-state index in [2.05, 4.69) is 5.32 Å². The molecule has 1 atom stereocenters. The fourth-order valence-corrected chi connectivity index (χ4v) is 1.64. The highest BCUT2D eigenvalue weighted by Crippen LogP contribution is 2.24. The Morgan fingerprint density at radius 1 is 1.38 bits per heavy atom. The normalized spacial score (nSPS) is 13.3. The van der Waals surface area contributed by atoms with Crippen molar-refractivity contribution in [3.05, 3.63) is 34.9 Å². The van der Waals surface area contributed by atoms with E-state index in [-0.39, 0.29) is 11.4 Å². The van der Waals surface area contributed by atoms with E-state index in [4.69, 9.17) is 23.2 Å². The van der Waals surface area contributed by atoms with Crippen LogP contribution in [0.25, 0.3) is 0 Å². The number of rotatable bonds is 2. The number of alkyl halides is 1. The number of carbonyl (C=O) groups is 1. The highest BCUT2D eigenvalue weighted by Gasteiger charge is 2.22. The molecular weight excluding hydrogens is 245 g/mol. The summed E-state index contributed by atoms with van der Waals surface area (Å²) in [7, 11) is 0. The molecule has 1 rings (SSSR count). The summed E-state index contributed by atoms with van der Waals surface area (Å²) in [6.45, 7) is 5.73. The number of carbonyl (C=O) groups excluding carboxylic acids is 1. The van der Waals surface area contributed by atoms with Gasteiger partial charge in [-0.05, 0) is 38.5 Å². The predicted octanol–water partition coefficient (Wildman–Crippen LogP) is 3.53. The molecule has 1 unspecified atom stereocenters. The second-order valence-corrected chi connectivity index (χ2v) is 5.53. The summed E-state index contributed by atoms with van der Waals surface area (Å²) in [5.41, 5.74) is 0.416. The van der Waals surface area contributed by atoms with Crippen molar-refractivity contribution in [3.8, 4) is 0 Å². The summed E-state index contributed by atoms with van der Waals surface area (Å²) in [5.74, 6) is -0.212. The van der Waals surface area contributed by atoms with Crippen LogP contribution in [-0.2, 0) is 4.79 Å². The van der Waals surface area contributed by atoms with E-state index >= 15 is 0 Å². The molecule has 0 heterocycles. The molecule has 0 fully saturated rings. The predicted molar refractivity (Wildman–Crippen MR) is 67.9 cm³/mol. The van der Waals surface area contributed by atoms with Crippen molar-refractivity contribution in [3.63, 3.8) is 0 Å². The van der Waals surface area contributed by atoms with E-state index in [9.17, 15) is 4.79 Å². The van der Waals surface area contributed by atoms with Gasteiger partial charge in [0, 0.05) is 10.6 Å². The number of nitrogens with one attached hydrogen (secondary N) is 1. The van der Waals surface area contributed by atoms with E-state index in [1.165, 1.54) is 0 Å². The maximum atomic E-state index is 11.8. The van der Waals surface area contributed by atoms with Gasteiger partial charge in [0.2, 0.25) is 5.91 Å². The van der Waals surface area contributed by atoms with Crippen LogP contribution < -0.4 is 5.32 Å². The molecule has 88 valence electrons. The van der Waals surface area contributed by atoms with Crippen molar-refractivity contribution in [1.29, 1.82) is 0 Å². The third-order valence-electron chi connectivity index (χ3n) is 1.87. The first-order chi connectivity index (χ1) is 7.29. The molecule has 2 nitrogen and oxygen atoms in total. The van der Waals surface area contributed by atoms with E-state index in [0.29, 0.717) is 10.6 Å². The number of amides is 1. The molecule has 4 heteroatoms. The molecule has 1 N–H and O–H groups in total. The molecule has 0 aromatic heterocycles. The smallest absolute Gasteiger partial charge is 0.243 e. The average Bonchev–Trinajstić information content (AvgIpc) is 2.14. The molecule has 1 aromatic carbocycles. The number of hydrogen-bond acceptors (Lipinski definition) is 1. The minimum absolute atomic E-state index is 0.212. The van der Waals surface area contributed by atoms with Crippen LogP contribution in [0, 0.1) is 0 Å².